The van der Waals surface area contributed by atoms with E-state index in [1.807, 2.05) is 0 Å². The number of esters is 1. The number of nitrogens with zero attached hydrogens (tertiary/aromatic N) is 4. The van der Waals surface area contributed by atoms with Gasteiger partial charge in [-0.25, -0.2) is 32.5 Å². The number of amides is 1. The van der Waals surface area contributed by atoms with Gasteiger partial charge in [-0.1, -0.05) is 12.1 Å². The molecule has 0 bridgehead atoms. The first-order valence-electron chi connectivity index (χ1n) is 14.0. The standard InChI is InChI=1S/C29H32F3N5O6S/c1-5-42-25(38)21-19(34-23(24-33-9-10-44-24)35-22(21)16-7-6-8-18(30)15(16)2)12-37-14-29(31,32)17-11-36(13-20(17)37)27(41)43-28(3,4)26(39)40/h6-10,17,20,22H,5,11-14H2,1-4H3,(H,34,35)(H,39,40). The third-order valence-corrected chi connectivity index (χ3v) is 8.83. The van der Waals surface area contributed by atoms with E-state index < -0.39 is 59.9 Å². The second-order valence-corrected chi connectivity index (χ2v) is 12.2. The lowest BCUT2D eigenvalue weighted by atomic mass is 9.92. The SMILES string of the molecule is CCOC(=O)C1=C(CN2CC(F)(F)C3CN(C(=O)OC(C)(C)C(=O)O)CC32)NC(c2nccs2)=NC1c1cccc(F)c1C. The minimum absolute atomic E-state index is 0.0315. The number of ether oxygens (including phenoxy) is 2. The highest BCUT2D eigenvalue weighted by Gasteiger charge is 2.59. The molecule has 3 aliphatic rings. The lowest BCUT2D eigenvalue weighted by molar-refractivity contribution is -0.155. The van der Waals surface area contributed by atoms with Crippen LogP contribution < -0.4 is 5.32 Å². The molecule has 2 fully saturated rings. The molecule has 2 aromatic rings. The van der Waals surface area contributed by atoms with E-state index in [-0.39, 0.29) is 48.9 Å². The van der Waals surface area contributed by atoms with Gasteiger partial charge in [-0.15, -0.1) is 11.3 Å². The largest absolute Gasteiger partial charge is 0.478 e. The maximum Gasteiger partial charge on any atom is 0.410 e. The Hall–Kier alpha value is -3.98. The summed E-state index contributed by atoms with van der Waals surface area (Å²) in [5.41, 5.74) is -0.893. The van der Waals surface area contributed by atoms with Crippen molar-refractivity contribution in [2.75, 3.05) is 32.8 Å². The fraction of sp³-hybridized carbons (Fsp3) is 0.483. The van der Waals surface area contributed by atoms with Crippen LogP contribution in [-0.4, -0.2) is 94.1 Å². The molecule has 1 aromatic heterocycles. The van der Waals surface area contributed by atoms with E-state index in [0.717, 1.165) is 4.90 Å². The van der Waals surface area contributed by atoms with Crippen LogP contribution in [0.2, 0.25) is 0 Å². The first kappa shape index (κ1) is 31.4. The summed E-state index contributed by atoms with van der Waals surface area (Å²) in [6, 6.07) is 2.59. The molecule has 11 nitrogen and oxygen atoms in total. The Balaban J connectivity index is 1.52. The number of carboxylic acids is 1. The summed E-state index contributed by atoms with van der Waals surface area (Å²) in [4.78, 5) is 49.3. The van der Waals surface area contributed by atoms with Crippen molar-refractivity contribution < 1.29 is 42.1 Å². The van der Waals surface area contributed by atoms with E-state index in [1.54, 1.807) is 31.5 Å². The highest BCUT2D eigenvalue weighted by molar-refractivity contribution is 7.11. The molecular weight excluding hydrogens is 603 g/mol. The van der Waals surface area contributed by atoms with E-state index in [2.05, 4.69) is 10.3 Å². The van der Waals surface area contributed by atoms with Crippen molar-refractivity contribution in [3.8, 4) is 0 Å². The van der Waals surface area contributed by atoms with Crippen LogP contribution in [0.1, 0.15) is 42.9 Å². The molecule has 0 spiro atoms. The predicted octanol–water partition coefficient (Wildman–Crippen LogP) is 3.75. The number of alkyl halides is 2. The lowest BCUT2D eigenvalue weighted by Crippen LogP contribution is -2.45. The summed E-state index contributed by atoms with van der Waals surface area (Å²) < 4.78 is 56.0. The van der Waals surface area contributed by atoms with Gasteiger partial charge in [-0.2, -0.15) is 0 Å². The molecule has 1 amide bonds. The van der Waals surface area contributed by atoms with Crippen molar-refractivity contribution in [2.45, 2.75) is 51.3 Å². The third-order valence-electron chi connectivity index (χ3n) is 8.05. The summed E-state index contributed by atoms with van der Waals surface area (Å²) in [7, 11) is 0. The number of carbonyl (C=O) groups is 3. The van der Waals surface area contributed by atoms with Crippen molar-refractivity contribution in [1.29, 1.82) is 0 Å². The number of carbonyl (C=O) groups excluding carboxylic acids is 2. The Bertz CT molecular complexity index is 1530. The second kappa shape index (κ2) is 11.8. The maximum atomic E-state index is 15.4. The number of aliphatic imine (C=N–C) groups is 1. The summed E-state index contributed by atoms with van der Waals surface area (Å²) in [6.07, 6.45) is 0.560. The lowest BCUT2D eigenvalue weighted by Gasteiger charge is -2.32. The number of likely N-dealkylation sites (tertiary alicyclic amines) is 2. The van der Waals surface area contributed by atoms with Gasteiger partial charge in [0.2, 0.25) is 5.60 Å². The highest BCUT2D eigenvalue weighted by atomic mass is 32.1. The minimum Gasteiger partial charge on any atom is -0.478 e. The number of halogens is 3. The Morgan fingerprint density at radius 1 is 1.25 bits per heavy atom. The molecule has 5 rings (SSSR count). The normalized spacial score (nSPS) is 23.2. The number of carboxylic acid groups (broad SMARTS) is 1. The minimum atomic E-state index is -3.20. The van der Waals surface area contributed by atoms with Crippen LogP contribution in [0.3, 0.4) is 0 Å². The summed E-state index contributed by atoms with van der Waals surface area (Å²) in [5, 5.41) is 14.7. The zero-order valence-electron chi connectivity index (χ0n) is 24.5. The number of benzene rings is 1. The number of hydrogen-bond donors (Lipinski definition) is 2. The number of fused-ring (bicyclic) bond motifs is 1. The van der Waals surface area contributed by atoms with Crippen LogP contribution in [0, 0.1) is 18.7 Å². The Kier molecular flexibility index (Phi) is 8.46. The maximum absolute atomic E-state index is 15.4. The molecule has 1 aromatic carbocycles. The van der Waals surface area contributed by atoms with Crippen LogP contribution in [-0.2, 0) is 19.1 Å². The van der Waals surface area contributed by atoms with Gasteiger partial charge in [0.15, 0.2) is 10.8 Å². The molecule has 3 aliphatic heterocycles. The van der Waals surface area contributed by atoms with Crippen molar-refractivity contribution >= 4 is 35.2 Å². The van der Waals surface area contributed by atoms with Gasteiger partial charge in [0.25, 0.3) is 5.92 Å². The van der Waals surface area contributed by atoms with Crippen molar-refractivity contribution in [3.63, 3.8) is 0 Å². The van der Waals surface area contributed by atoms with Crippen molar-refractivity contribution in [1.82, 2.24) is 20.1 Å². The van der Waals surface area contributed by atoms with Gasteiger partial charge < -0.3 is 24.8 Å². The monoisotopic (exact) mass is 635 g/mol. The number of amidine groups is 1. The highest BCUT2D eigenvalue weighted by Crippen LogP contribution is 2.44. The zero-order chi connectivity index (χ0) is 32.0. The van der Waals surface area contributed by atoms with Gasteiger partial charge >= 0.3 is 18.0 Å². The summed E-state index contributed by atoms with van der Waals surface area (Å²) >= 11 is 1.27. The van der Waals surface area contributed by atoms with E-state index in [0.29, 0.717) is 10.6 Å². The van der Waals surface area contributed by atoms with Crippen LogP contribution in [0.4, 0.5) is 18.0 Å². The molecule has 4 heterocycles. The van der Waals surface area contributed by atoms with Crippen molar-refractivity contribution in [2.24, 2.45) is 10.9 Å². The molecular formula is C29H32F3N5O6S. The van der Waals surface area contributed by atoms with Gasteiger partial charge in [-0.3, -0.25) is 9.89 Å². The Labute approximate surface area is 255 Å². The van der Waals surface area contributed by atoms with Crippen LogP contribution in [0.25, 0.3) is 0 Å². The third kappa shape index (κ3) is 5.89. The average Bonchev–Trinajstić information content (AvgIpc) is 3.69. The number of rotatable bonds is 8. The number of nitrogens with one attached hydrogen (secondary N) is 1. The van der Waals surface area contributed by atoms with Crippen LogP contribution in [0.5, 0.6) is 0 Å². The van der Waals surface area contributed by atoms with Crippen LogP contribution >= 0.6 is 11.3 Å². The second-order valence-electron chi connectivity index (χ2n) is 11.3. The van der Waals surface area contributed by atoms with Crippen LogP contribution in [0.15, 0.2) is 46.0 Å². The van der Waals surface area contributed by atoms with E-state index in [9.17, 15) is 23.9 Å². The molecule has 3 unspecified atom stereocenters. The number of thiazole rings is 1. The zero-order valence-corrected chi connectivity index (χ0v) is 25.3. The quantitative estimate of drug-likeness (QED) is 0.416. The van der Waals surface area contributed by atoms with Gasteiger partial charge in [0.1, 0.15) is 11.9 Å². The predicted molar refractivity (Wildman–Crippen MR) is 153 cm³/mol. The Morgan fingerprint density at radius 3 is 2.66 bits per heavy atom. The van der Waals surface area contributed by atoms with E-state index in [1.165, 1.54) is 42.2 Å². The van der Waals surface area contributed by atoms with E-state index >= 15 is 8.78 Å². The molecule has 0 saturated carbocycles. The molecule has 2 saturated heterocycles. The molecule has 15 heteroatoms. The molecule has 2 N–H and O–H groups in total. The molecule has 0 aliphatic carbocycles. The first-order chi connectivity index (χ1) is 20.7. The smallest absolute Gasteiger partial charge is 0.410 e. The van der Waals surface area contributed by atoms with Crippen molar-refractivity contribution in [3.05, 3.63) is 63.0 Å². The molecule has 0 radical (unpaired) electrons. The fourth-order valence-corrected chi connectivity index (χ4v) is 6.28. The average molecular weight is 636 g/mol. The number of aliphatic carboxylic acids is 1. The fourth-order valence-electron chi connectivity index (χ4n) is 5.69. The molecule has 44 heavy (non-hydrogen) atoms. The molecule has 236 valence electrons. The summed E-state index contributed by atoms with van der Waals surface area (Å²) in [6.45, 7) is 4.31. The van der Waals surface area contributed by atoms with E-state index in [4.69, 9.17) is 14.5 Å². The number of hydrogen-bond acceptors (Lipinski definition) is 10. The number of aromatic nitrogens is 1. The van der Waals surface area contributed by atoms with Gasteiger partial charge in [0, 0.05) is 43.0 Å². The van der Waals surface area contributed by atoms with Gasteiger partial charge in [0.05, 0.1) is 24.6 Å². The topological polar surface area (TPSA) is 134 Å². The molecule has 3 atom stereocenters. The first-order valence-corrected chi connectivity index (χ1v) is 14.8. The Morgan fingerprint density at radius 2 is 2.00 bits per heavy atom. The summed E-state index contributed by atoms with van der Waals surface area (Å²) in [5.74, 6) is -6.78. The van der Waals surface area contributed by atoms with Gasteiger partial charge in [-0.05, 0) is 44.9 Å².